The van der Waals surface area contributed by atoms with Crippen molar-refractivity contribution < 1.29 is 4.79 Å². The normalized spacial score (nSPS) is 11.4. The van der Waals surface area contributed by atoms with E-state index in [-0.39, 0.29) is 5.91 Å². The highest BCUT2D eigenvalue weighted by Crippen LogP contribution is 2.17. The Hall–Kier alpha value is -2.31. The lowest BCUT2D eigenvalue weighted by Crippen LogP contribution is -2.23. The summed E-state index contributed by atoms with van der Waals surface area (Å²) in [4.78, 5) is 12.1. The molecule has 100 valence electrons. The highest BCUT2D eigenvalue weighted by Gasteiger charge is 2.18. The maximum atomic E-state index is 12.1. The Morgan fingerprint density at radius 2 is 1.95 bits per heavy atom. The lowest BCUT2D eigenvalue weighted by Gasteiger charge is -2.10. The van der Waals surface area contributed by atoms with E-state index in [1.165, 1.54) is 0 Å². The number of nitrogens with zero attached hydrogens (tertiary/aromatic N) is 1. The molecule has 0 saturated heterocycles. The number of nitrogens with one attached hydrogen (secondary N) is 1. The van der Waals surface area contributed by atoms with Crippen molar-refractivity contribution in [1.29, 1.82) is 5.26 Å². The van der Waals surface area contributed by atoms with Crippen LogP contribution in [0.2, 0.25) is 5.02 Å². The van der Waals surface area contributed by atoms with Gasteiger partial charge < -0.3 is 5.32 Å². The van der Waals surface area contributed by atoms with Crippen molar-refractivity contribution in [3.05, 3.63) is 65.2 Å². The topological polar surface area (TPSA) is 52.9 Å². The molecule has 0 radical (unpaired) electrons. The molecule has 0 heterocycles. The van der Waals surface area contributed by atoms with Gasteiger partial charge in [0.1, 0.15) is 5.92 Å². The van der Waals surface area contributed by atoms with E-state index in [1.807, 2.05) is 36.4 Å². The third-order valence-electron chi connectivity index (χ3n) is 2.85. The summed E-state index contributed by atoms with van der Waals surface area (Å²) < 4.78 is 0. The molecule has 0 aliphatic carbocycles. The van der Waals surface area contributed by atoms with E-state index in [0.29, 0.717) is 17.1 Å². The highest BCUT2D eigenvalue weighted by atomic mass is 35.5. The van der Waals surface area contributed by atoms with E-state index < -0.39 is 5.92 Å². The van der Waals surface area contributed by atoms with E-state index >= 15 is 0 Å². The Balaban J connectivity index is 2.05. The third-order valence-corrected chi connectivity index (χ3v) is 3.08. The maximum absolute atomic E-state index is 12.1. The molecule has 20 heavy (non-hydrogen) atoms. The summed E-state index contributed by atoms with van der Waals surface area (Å²) in [7, 11) is 0. The van der Waals surface area contributed by atoms with Gasteiger partial charge in [-0.2, -0.15) is 5.26 Å². The van der Waals surface area contributed by atoms with Gasteiger partial charge in [-0.1, -0.05) is 48.0 Å². The number of amides is 1. The van der Waals surface area contributed by atoms with Gasteiger partial charge in [0, 0.05) is 10.7 Å². The molecule has 0 aromatic heterocycles. The fourth-order valence-corrected chi connectivity index (χ4v) is 2.03. The summed E-state index contributed by atoms with van der Waals surface area (Å²) in [6, 6.07) is 18.4. The summed E-state index contributed by atoms with van der Waals surface area (Å²) in [5.41, 5.74) is 1.55. The Morgan fingerprint density at radius 1 is 1.20 bits per heavy atom. The predicted molar refractivity (Wildman–Crippen MR) is 79.3 cm³/mol. The summed E-state index contributed by atoms with van der Waals surface area (Å²) >= 11 is 5.86. The van der Waals surface area contributed by atoms with Gasteiger partial charge >= 0.3 is 0 Å². The van der Waals surface area contributed by atoms with E-state index in [0.717, 1.165) is 5.56 Å². The van der Waals surface area contributed by atoms with Crippen molar-refractivity contribution in [2.75, 3.05) is 5.32 Å². The van der Waals surface area contributed by atoms with Crippen LogP contribution in [0.4, 0.5) is 5.69 Å². The molecule has 0 saturated carbocycles. The Labute approximate surface area is 122 Å². The molecule has 0 aliphatic heterocycles. The smallest absolute Gasteiger partial charge is 0.242 e. The van der Waals surface area contributed by atoms with Gasteiger partial charge in [0.2, 0.25) is 5.91 Å². The average Bonchev–Trinajstić information content (AvgIpc) is 2.45. The molecule has 1 N–H and O–H groups in total. The second kappa shape index (κ2) is 6.74. The molecule has 2 aromatic rings. The molecule has 1 amide bonds. The number of anilines is 1. The molecule has 1 unspecified atom stereocenters. The third kappa shape index (κ3) is 3.84. The number of carbonyl (C=O) groups is 1. The standard InChI is InChI=1S/C16H13ClN2O/c17-14-7-4-8-15(10-14)19-16(20)13(11-18)9-12-5-2-1-3-6-12/h1-8,10,13H,9H2,(H,19,20). The van der Waals surface area contributed by atoms with Crippen molar-refractivity contribution >= 4 is 23.2 Å². The van der Waals surface area contributed by atoms with Gasteiger partial charge in [0.15, 0.2) is 0 Å². The van der Waals surface area contributed by atoms with Crippen LogP contribution in [-0.2, 0) is 11.2 Å². The van der Waals surface area contributed by atoms with Crippen LogP contribution >= 0.6 is 11.6 Å². The molecule has 0 fully saturated rings. The Bertz CT molecular complexity index is 634. The van der Waals surface area contributed by atoms with Crippen molar-refractivity contribution in [1.82, 2.24) is 0 Å². The summed E-state index contributed by atoms with van der Waals surface area (Å²) in [5.74, 6) is -1.05. The maximum Gasteiger partial charge on any atom is 0.242 e. The van der Waals surface area contributed by atoms with Crippen LogP contribution in [0, 0.1) is 17.2 Å². The first-order valence-corrected chi connectivity index (χ1v) is 6.57. The largest absolute Gasteiger partial charge is 0.325 e. The first kappa shape index (κ1) is 14.1. The summed E-state index contributed by atoms with van der Waals surface area (Å²) in [6.45, 7) is 0. The minimum atomic E-state index is -0.726. The zero-order chi connectivity index (χ0) is 14.4. The number of hydrogen-bond donors (Lipinski definition) is 1. The number of halogens is 1. The van der Waals surface area contributed by atoms with E-state index in [9.17, 15) is 4.79 Å². The zero-order valence-electron chi connectivity index (χ0n) is 10.7. The van der Waals surface area contributed by atoms with Crippen molar-refractivity contribution in [2.45, 2.75) is 6.42 Å². The van der Waals surface area contributed by atoms with Gasteiger partial charge in [0.05, 0.1) is 6.07 Å². The van der Waals surface area contributed by atoms with Crippen molar-refractivity contribution in [3.8, 4) is 6.07 Å². The van der Waals surface area contributed by atoms with Crippen molar-refractivity contribution in [3.63, 3.8) is 0 Å². The van der Waals surface area contributed by atoms with Crippen LogP contribution in [0.1, 0.15) is 5.56 Å². The molecule has 2 aromatic carbocycles. The van der Waals surface area contributed by atoms with Crippen LogP contribution in [-0.4, -0.2) is 5.91 Å². The molecule has 0 aliphatic rings. The van der Waals surface area contributed by atoms with Gasteiger partial charge in [0.25, 0.3) is 0 Å². The van der Waals surface area contributed by atoms with Crippen LogP contribution in [0.5, 0.6) is 0 Å². The van der Waals surface area contributed by atoms with Gasteiger partial charge in [-0.3, -0.25) is 4.79 Å². The van der Waals surface area contributed by atoms with Crippen LogP contribution < -0.4 is 5.32 Å². The highest BCUT2D eigenvalue weighted by molar-refractivity contribution is 6.30. The number of benzene rings is 2. The molecule has 4 heteroatoms. The first-order chi connectivity index (χ1) is 9.69. The molecular weight excluding hydrogens is 272 g/mol. The second-order valence-electron chi connectivity index (χ2n) is 4.37. The molecule has 0 bridgehead atoms. The zero-order valence-corrected chi connectivity index (χ0v) is 11.5. The Morgan fingerprint density at radius 3 is 2.60 bits per heavy atom. The first-order valence-electron chi connectivity index (χ1n) is 6.19. The number of rotatable bonds is 4. The molecule has 1 atom stereocenters. The van der Waals surface area contributed by atoms with Crippen LogP contribution in [0.15, 0.2) is 54.6 Å². The average molecular weight is 285 g/mol. The molecule has 2 rings (SSSR count). The van der Waals surface area contributed by atoms with E-state index in [4.69, 9.17) is 16.9 Å². The van der Waals surface area contributed by atoms with Crippen molar-refractivity contribution in [2.24, 2.45) is 5.92 Å². The number of hydrogen-bond acceptors (Lipinski definition) is 2. The minimum Gasteiger partial charge on any atom is -0.325 e. The minimum absolute atomic E-state index is 0.321. The van der Waals surface area contributed by atoms with Crippen LogP contribution in [0.25, 0.3) is 0 Å². The van der Waals surface area contributed by atoms with Crippen LogP contribution in [0.3, 0.4) is 0 Å². The predicted octanol–water partition coefficient (Wildman–Crippen LogP) is 3.66. The second-order valence-corrected chi connectivity index (χ2v) is 4.81. The SMILES string of the molecule is N#CC(Cc1ccccc1)C(=O)Nc1cccc(Cl)c1. The van der Waals surface area contributed by atoms with Gasteiger partial charge in [-0.15, -0.1) is 0 Å². The fourth-order valence-electron chi connectivity index (χ4n) is 1.84. The quantitative estimate of drug-likeness (QED) is 0.931. The summed E-state index contributed by atoms with van der Waals surface area (Å²) in [6.07, 6.45) is 0.393. The lowest BCUT2D eigenvalue weighted by atomic mass is 10.00. The molecular formula is C16H13ClN2O. The fraction of sp³-hybridized carbons (Fsp3) is 0.125. The van der Waals surface area contributed by atoms with E-state index in [1.54, 1.807) is 24.3 Å². The lowest BCUT2D eigenvalue weighted by molar-refractivity contribution is -0.118. The monoisotopic (exact) mass is 284 g/mol. The molecule has 0 spiro atoms. The number of nitriles is 1. The van der Waals surface area contributed by atoms with Gasteiger partial charge in [-0.25, -0.2) is 0 Å². The Kier molecular flexibility index (Phi) is 4.75. The molecule has 3 nitrogen and oxygen atoms in total. The van der Waals surface area contributed by atoms with Gasteiger partial charge in [-0.05, 0) is 30.2 Å². The van der Waals surface area contributed by atoms with E-state index in [2.05, 4.69) is 5.32 Å². The number of carbonyl (C=O) groups excluding carboxylic acids is 1. The summed E-state index contributed by atoms with van der Waals surface area (Å²) in [5, 5.41) is 12.4.